The first-order valence-electron chi connectivity index (χ1n) is 6.39. The van der Waals surface area contributed by atoms with Crippen molar-refractivity contribution in [2.45, 2.75) is 26.8 Å². The molecule has 1 aromatic rings. The highest BCUT2D eigenvalue weighted by Gasteiger charge is 2.24. The molecule has 2 rings (SSSR count). The average Bonchev–Trinajstić information content (AvgIpc) is 2.42. The Morgan fingerprint density at radius 1 is 1.24 bits per heavy atom. The fraction of sp³-hybridized carbons (Fsp3) is 0.467. The molecule has 92 valence electrons. The van der Waals surface area contributed by atoms with E-state index in [9.17, 15) is 0 Å². The molecule has 17 heavy (non-hydrogen) atoms. The van der Waals surface area contributed by atoms with Crippen molar-refractivity contribution in [3.05, 3.63) is 35.9 Å². The summed E-state index contributed by atoms with van der Waals surface area (Å²) in [7, 11) is 0. The second-order valence-corrected chi connectivity index (χ2v) is 4.95. The number of anilines is 1. The molecule has 0 aromatic heterocycles. The Hall–Kier alpha value is -1.28. The van der Waals surface area contributed by atoms with Crippen LogP contribution in [0.1, 0.15) is 26.3 Å². The maximum atomic E-state index is 5.75. The number of hydrogen-bond donors (Lipinski definition) is 1. The zero-order chi connectivity index (χ0) is 12.4. The van der Waals surface area contributed by atoms with Crippen LogP contribution in [-0.2, 0) is 0 Å². The molecule has 0 spiro atoms. The highest BCUT2D eigenvalue weighted by atomic mass is 15.2. The van der Waals surface area contributed by atoms with Crippen molar-refractivity contribution in [1.82, 2.24) is 0 Å². The summed E-state index contributed by atoms with van der Waals surface area (Å²) in [6.07, 6.45) is 2.38. The number of para-hydroxylation sites is 1. The van der Waals surface area contributed by atoms with Crippen molar-refractivity contribution in [2.75, 3.05) is 18.0 Å². The summed E-state index contributed by atoms with van der Waals surface area (Å²) >= 11 is 0. The van der Waals surface area contributed by atoms with Gasteiger partial charge in [0.1, 0.15) is 0 Å². The normalized spacial score (nSPS) is 24.0. The minimum absolute atomic E-state index is 0.497. The van der Waals surface area contributed by atoms with E-state index in [0.29, 0.717) is 18.5 Å². The van der Waals surface area contributed by atoms with Crippen molar-refractivity contribution in [2.24, 2.45) is 11.7 Å². The van der Waals surface area contributed by atoms with Crippen LogP contribution in [0.4, 0.5) is 5.69 Å². The largest absolute Gasteiger partial charge is 0.366 e. The van der Waals surface area contributed by atoms with Gasteiger partial charge in [0.15, 0.2) is 0 Å². The van der Waals surface area contributed by atoms with Gasteiger partial charge in [-0.15, -0.1) is 0 Å². The first-order valence-corrected chi connectivity index (χ1v) is 6.39. The zero-order valence-corrected chi connectivity index (χ0v) is 11.0. The predicted molar refractivity (Wildman–Crippen MR) is 75.1 cm³/mol. The van der Waals surface area contributed by atoms with E-state index in [4.69, 9.17) is 5.73 Å². The van der Waals surface area contributed by atoms with Crippen molar-refractivity contribution < 1.29 is 0 Å². The first-order chi connectivity index (χ1) is 8.15. The van der Waals surface area contributed by atoms with Gasteiger partial charge in [-0.05, 0) is 31.4 Å². The molecule has 2 N–H and O–H groups in total. The smallest absolute Gasteiger partial charge is 0.0445 e. The lowest BCUT2D eigenvalue weighted by molar-refractivity contribution is 0.530. The lowest BCUT2D eigenvalue weighted by Crippen LogP contribution is -2.40. The summed E-state index contributed by atoms with van der Waals surface area (Å²) < 4.78 is 0. The SMILES string of the molecule is CC1=CC(C)C(C)N(CCN)c2ccccc21. The third kappa shape index (κ3) is 2.22. The van der Waals surface area contributed by atoms with Crippen molar-refractivity contribution >= 4 is 11.3 Å². The second kappa shape index (κ2) is 4.92. The Morgan fingerprint density at radius 2 is 1.94 bits per heavy atom. The van der Waals surface area contributed by atoms with Gasteiger partial charge < -0.3 is 10.6 Å². The first kappa shape index (κ1) is 12.2. The van der Waals surface area contributed by atoms with Crippen LogP contribution in [0, 0.1) is 5.92 Å². The molecule has 2 atom stereocenters. The molecule has 0 saturated carbocycles. The molecule has 2 heteroatoms. The van der Waals surface area contributed by atoms with Crippen LogP contribution >= 0.6 is 0 Å². The Bertz CT molecular complexity index is 423. The maximum Gasteiger partial charge on any atom is 0.0445 e. The Balaban J connectivity index is 2.51. The summed E-state index contributed by atoms with van der Waals surface area (Å²) in [6, 6.07) is 9.12. The number of fused-ring (bicyclic) bond motifs is 1. The number of benzene rings is 1. The van der Waals surface area contributed by atoms with E-state index in [0.717, 1.165) is 6.54 Å². The fourth-order valence-electron chi connectivity index (χ4n) is 2.65. The average molecular weight is 230 g/mol. The van der Waals surface area contributed by atoms with Gasteiger partial charge in [-0.25, -0.2) is 0 Å². The molecule has 2 nitrogen and oxygen atoms in total. The molecule has 0 fully saturated rings. The van der Waals surface area contributed by atoms with Gasteiger partial charge in [-0.2, -0.15) is 0 Å². The van der Waals surface area contributed by atoms with Crippen LogP contribution in [0.15, 0.2) is 30.3 Å². The number of nitrogens with two attached hydrogens (primary N) is 1. The van der Waals surface area contributed by atoms with Crippen LogP contribution in [0.2, 0.25) is 0 Å². The Kier molecular flexibility index (Phi) is 3.53. The third-order valence-corrected chi connectivity index (χ3v) is 3.77. The van der Waals surface area contributed by atoms with Crippen LogP contribution in [0.25, 0.3) is 5.57 Å². The Morgan fingerprint density at radius 3 is 2.65 bits per heavy atom. The van der Waals surface area contributed by atoms with E-state index < -0.39 is 0 Å². The van der Waals surface area contributed by atoms with Gasteiger partial charge in [0.2, 0.25) is 0 Å². The van der Waals surface area contributed by atoms with E-state index in [-0.39, 0.29) is 0 Å². The molecule has 1 aliphatic rings. The molecule has 1 heterocycles. The number of hydrogen-bond acceptors (Lipinski definition) is 2. The minimum atomic E-state index is 0.497. The summed E-state index contributed by atoms with van der Waals surface area (Å²) in [4.78, 5) is 2.44. The van der Waals surface area contributed by atoms with Gasteiger partial charge in [0, 0.05) is 30.4 Å². The number of nitrogens with zero attached hydrogens (tertiary/aromatic N) is 1. The second-order valence-electron chi connectivity index (χ2n) is 4.95. The van der Waals surface area contributed by atoms with E-state index in [1.807, 2.05) is 0 Å². The molecule has 0 amide bonds. The van der Waals surface area contributed by atoms with Crippen LogP contribution in [-0.4, -0.2) is 19.1 Å². The van der Waals surface area contributed by atoms with Crippen molar-refractivity contribution in [3.8, 4) is 0 Å². The summed E-state index contributed by atoms with van der Waals surface area (Å²) in [5, 5.41) is 0. The molecule has 1 aliphatic heterocycles. The molecular weight excluding hydrogens is 208 g/mol. The van der Waals surface area contributed by atoms with Gasteiger partial charge in [0.25, 0.3) is 0 Å². The van der Waals surface area contributed by atoms with Gasteiger partial charge in [-0.1, -0.05) is 31.2 Å². The van der Waals surface area contributed by atoms with Gasteiger partial charge in [0.05, 0.1) is 0 Å². The van der Waals surface area contributed by atoms with E-state index in [2.05, 4.69) is 56.0 Å². The monoisotopic (exact) mass is 230 g/mol. The quantitative estimate of drug-likeness (QED) is 0.846. The number of rotatable bonds is 2. The van der Waals surface area contributed by atoms with E-state index in [1.54, 1.807) is 0 Å². The van der Waals surface area contributed by atoms with Gasteiger partial charge in [-0.3, -0.25) is 0 Å². The molecular formula is C15H22N2. The molecule has 0 bridgehead atoms. The topological polar surface area (TPSA) is 29.3 Å². The molecule has 0 radical (unpaired) electrons. The molecule has 1 aromatic carbocycles. The highest BCUT2D eigenvalue weighted by Crippen LogP contribution is 2.34. The Labute approximate surface area is 104 Å². The molecule has 0 aliphatic carbocycles. The standard InChI is InChI=1S/C15H22N2/c1-11-10-12(2)14-6-4-5-7-15(14)17(9-8-16)13(11)3/h4-7,10-11,13H,8-9,16H2,1-3H3. The summed E-state index contributed by atoms with van der Waals surface area (Å²) in [5.74, 6) is 0.550. The van der Waals surface area contributed by atoms with Crippen LogP contribution in [0.5, 0.6) is 0 Å². The number of allylic oxidation sites excluding steroid dienone is 1. The summed E-state index contributed by atoms with van der Waals surface area (Å²) in [6.45, 7) is 8.39. The van der Waals surface area contributed by atoms with Crippen LogP contribution in [0.3, 0.4) is 0 Å². The minimum Gasteiger partial charge on any atom is -0.366 e. The van der Waals surface area contributed by atoms with E-state index in [1.165, 1.54) is 16.8 Å². The molecule has 0 saturated heterocycles. The lowest BCUT2D eigenvalue weighted by atomic mass is 10.00. The van der Waals surface area contributed by atoms with Crippen LogP contribution < -0.4 is 10.6 Å². The third-order valence-electron chi connectivity index (χ3n) is 3.77. The zero-order valence-electron chi connectivity index (χ0n) is 11.0. The van der Waals surface area contributed by atoms with Gasteiger partial charge >= 0.3 is 0 Å². The highest BCUT2D eigenvalue weighted by molar-refractivity contribution is 5.77. The molecule has 2 unspecified atom stereocenters. The fourth-order valence-corrected chi connectivity index (χ4v) is 2.65. The van der Waals surface area contributed by atoms with Crippen molar-refractivity contribution in [1.29, 1.82) is 0 Å². The van der Waals surface area contributed by atoms with E-state index >= 15 is 0 Å². The van der Waals surface area contributed by atoms with Crippen molar-refractivity contribution in [3.63, 3.8) is 0 Å². The maximum absolute atomic E-state index is 5.75. The summed E-state index contributed by atoms with van der Waals surface area (Å²) in [5.41, 5.74) is 9.79. The predicted octanol–water partition coefficient (Wildman–Crippen LogP) is 2.89. The lowest BCUT2D eigenvalue weighted by Gasteiger charge is -2.33.